The third-order valence-electron chi connectivity index (χ3n) is 3.17. The van der Waals surface area contributed by atoms with Gasteiger partial charge in [-0.05, 0) is 19.8 Å². The first-order valence-corrected chi connectivity index (χ1v) is 7.84. The molecule has 2 rings (SSSR count). The number of carbonyl (C=O) groups excluding carboxylic acids is 2. The quantitative estimate of drug-likeness (QED) is 0.541. The van der Waals surface area contributed by atoms with Crippen LogP contribution in [0.15, 0.2) is 0 Å². The SMILES string of the molecule is CCOC(=O)c1nc(N(CCOC)C2CC2)sc1C(C)=O. The van der Waals surface area contributed by atoms with Crippen LogP contribution in [0, 0.1) is 0 Å². The van der Waals surface area contributed by atoms with Crippen molar-refractivity contribution in [3.8, 4) is 0 Å². The van der Waals surface area contributed by atoms with E-state index in [4.69, 9.17) is 9.47 Å². The van der Waals surface area contributed by atoms with Crippen LogP contribution in [-0.2, 0) is 9.47 Å². The number of hydrogen-bond acceptors (Lipinski definition) is 7. The van der Waals surface area contributed by atoms with E-state index in [9.17, 15) is 9.59 Å². The standard InChI is InChI=1S/C14H20N2O4S/c1-4-20-13(18)11-12(9(2)17)21-14(15-11)16(7-8-19-3)10-5-6-10/h10H,4-8H2,1-3H3. The van der Waals surface area contributed by atoms with Crippen molar-refractivity contribution in [1.82, 2.24) is 4.98 Å². The lowest BCUT2D eigenvalue weighted by atomic mass is 10.3. The first kappa shape index (κ1) is 15.9. The predicted octanol–water partition coefficient (Wildman–Crippen LogP) is 2.14. The van der Waals surface area contributed by atoms with Crippen molar-refractivity contribution in [2.75, 3.05) is 31.8 Å². The number of nitrogens with zero attached hydrogens (tertiary/aromatic N) is 2. The van der Waals surface area contributed by atoms with E-state index in [-0.39, 0.29) is 18.1 Å². The predicted molar refractivity (Wildman–Crippen MR) is 80.3 cm³/mol. The van der Waals surface area contributed by atoms with Gasteiger partial charge in [-0.1, -0.05) is 11.3 Å². The average molecular weight is 312 g/mol. The Hall–Kier alpha value is -1.47. The third-order valence-corrected chi connectivity index (χ3v) is 4.37. The second kappa shape index (κ2) is 7.00. The van der Waals surface area contributed by atoms with Gasteiger partial charge in [0.1, 0.15) is 4.88 Å². The number of aromatic nitrogens is 1. The molecule has 0 atom stereocenters. The summed E-state index contributed by atoms with van der Waals surface area (Å²) in [6.45, 7) is 4.72. The zero-order chi connectivity index (χ0) is 15.4. The number of esters is 1. The van der Waals surface area contributed by atoms with Crippen LogP contribution in [0.1, 0.15) is 46.8 Å². The van der Waals surface area contributed by atoms with E-state index in [0.717, 1.165) is 12.8 Å². The van der Waals surface area contributed by atoms with Crippen LogP contribution in [0.25, 0.3) is 0 Å². The zero-order valence-electron chi connectivity index (χ0n) is 12.5. The number of methoxy groups -OCH3 is 1. The molecule has 0 bridgehead atoms. The molecule has 116 valence electrons. The van der Waals surface area contributed by atoms with Crippen molar-refractivity contribution in [3.63, 3.8) is 0 Å². The van der Waals surface area contributed by atoms with Crippen LogP contribution in [0.4, 0.5) is 5.13 Å². The summed E-state index contributed by atoms with van der Waals surface area (Å²) in [5, 5.41) is 0.697. The zero-order valence-corrected chi connectivity index (χ0v) is 13.4. The number of ketones is 1. The lowest BCUT2D eigenvalue weighted by Gasteiger charge is -2.20. The number of carbonyl (C=O) groups is 2. The molecule has 1 aromatic rings. The summed E-state index contributed by atoms with van der Waals surface area (Å²) in [6.07, 6.45) is 2.21. The minimum absolute atomic E-state index is 0.132. The fourth-order valence-corrected chi connectivity index (χ4v) is 3.06. The maximum absolute atomic E-state index is 11.9. The topological polar surface area (TPSA) is 68.7 Å². The summed E-state index contributed by atoms with van der Waals surface area (Å²) >= 11 is 1.26. The molecule has 0 N–H and O–H groups in total. The van der Waals surface area contributed by atoms with E-state index in [1.165, 1.54) is 18.3 Å². The lowest BCUT2D eigenvalue weighted by molar-refractivity contribution is 0.0517. The molecule has 0 saturated heterocycles. The fraction of sp³-hybridized carbons (Fsp3) is 0.643. The molecule has 0 aliphatic heterocycles. The summed E-state index contributed by atoms with van der Waals surface area (Å²) in [6, 6.07) is 0.432. The van der Waals surface area contributed by atoms with Gasteiger partial charge in [0.2, 0.25) is 0 Å². The van der Waals surface area contributed by atoms with Gasteiger partial charge in [-0.25, -0.2) is 9.78 Å². The molecule has 0 radical (unpaired) electrons. The Kier molecular flexibility index (Phi) is 5.30. The second-order valence-corrected chi connectivity index (χ2v) is 5.85. The highest BCUT2D eigenvalue weighted by molar-refractivity contribution is 7.17. The van der Waals surface area contributed by atoms with Crippen LogP contribution in [-0.4, -0.2) is 49.6 Å². The molecule has 1 saturated carbocycles. The Balaban J connectivity index is 2.28. The number of anilines is 1. The van der Waals surface area contributed by atoms with Gasteiger partial charge < -0.3 is 14.4 Å². The summed E-state index contributed by atoms with van der Waals surface area (Å²) < 4.78 is 10.1. The highest BCUT2D eigenvalue weighted by Gasteiger charge is 2.33. The Bertz CT molecular complexity index is 525. The van der Waals surface area contributed by atoms with E-state index in [2.05, 4.69) is 9.88 Å². The highest BCUT2D eigenvalue weighted by Crippen LogP contribution is 2.35. The first-order valence-electron chi connectivity index (χ1n) is 7.03. The second-order valence-electron chi connectivity index (χ2n) is 4.87. The van der Waals surface area contributed by atoms with Gasteiger partial charge >= 0.3 is 5.97 Å². The summed E-state index contributed by atoms with van der Waals surface area (Å²) in [7, 11) is 1.65. The van der Waals surface area contributed by atoms with Gasteiger partial charge in [-0.3, -0.25) is 4.79 Å². The van der Waals surface area contributed by atoms with Crippen molar-refractivity contribution in [1.29, 1.82) is 0 Å². The smallest absolute Gasteiger partial charge is 0.358 e. The molecule has 21 heavy (non-hydrogen) atoms. The molecule has 1 aromatic heterocycles. The van der Waals surface area contributed by atoms with Crippen molar-refractivity contribution >= 4 is 28.2 Å². The molecule has 1 aliphatic rings. The molecule has 0 amide bonds. The molecule has 1 aliphatic carbocycles. The van der Waals surface area contributed by atoms with E-state index in [1.807, 2.05) is 0 Å². The Morgan fingerprint density at radius 3 is 2.67 bits per heavy atom. The minimum atomic E-state index is -0.535. The average Bonchev–Trinajstić information content (AvgIpc) is 3.17. The largest absolute Gasteiger partial charge is 0.461 e. The van der Waals surface area contributed by atoms with Gasteiger partial charge in [0.25, 0.3) is 0 Å². The molecule has 0 spiro atoms. The van der Waals surface area contributed by atoms with Crippen LogP contribution in [0.3, 0.4) is 0 Å². The van der Waals surface area contributed by atoms with Crippen LogP contribution in [0.2, 0.25) is 0 Å². The van der Waals surface area contributed by atoms with Crippen molar-refractivity contribution < 1.29 is 19.1 Å². The third kappa shape index (κ3) is 3.79. The monoisotopic (exact) mass is 312 g/mol. The normalized spacial score (nSPS) is 14.0. The molecule has 6 nitrogen and oxygen atoms in total. The lowest BCUT2D eigenvalue weighted by Crippen LogP contribution is -2.29. The number of ether oxygens (including phenoxy) is 2. The van der Waals surface area contributed by atoms with E-state index in [0.29, 0.717) is 29.2 Å². The van der Waals surface area contributed by atoms with E-state index in [1.54, 1.807) is 14.0 Å². The number of hydrogen-bond donors (Lipinski definition) is 0. The van der Waals surface area contributed by atoms with Gasteiger partial charge in [0, 0.05) is 26.6 Å². The van der Waals surface area contributed by atoms with E-state index >= 15 is 0 Å². The van der Waals surface area contributed by atoms with Gasteiger partial charge in [0.05, 0.1) is 13.2 Å². The number of rotatable bonds is 8. The van der Waals surface area contributed by atoms with Crippen LogP contribution >= 0.6 is 11.3 Å². The molecule has 0 aromatic carbocycles. The summed E-state index contributed by atoms with van der Waals surface area (Å²) in [4.78, 5) is 30.5. The van der Waals surface area contributed by atoms with Crippen LogP contribution < -0.4 is 4.90 Å². The summed E-state index contributed by atoms with van der Waals surface area (Å²) in [5.41, 5.74) is 0.132. The highest BCUT2D eigenvalue weighted by atomic mass is 32.1. The molecule has 0 unspecified atom stereocenters. The van der Waals surface area contributed by atoms with Gasteiger partial charge in [0.15, 0.2) is 16.6 Å². The van der Waals surface area contributed by atoms with Gasteiger partial charge in [-0.15, -0.1) is 0 Å². The Morgan fingerprint density at radius 2 is 2.14 bits per heavy atom. The Morgan fingerprint density at radius 1 is 1.43 bits per heavy atom. The molecular weight excluding hydrogens is 292 g/mol. The maximum atomic E-state index is 11.9. The van der Waals surface area contributed by atoms with Crippen molar-refractivity contribution in [2.24, 2.45) is 0 Å². The molecule has 1 fully saturated rings. The molecule has 1 heterocycles. The summed E-state index contributed by atoms with van der Waals surface area (Å²) in [5.74, 6) is -0.697. The molecule has 7 heteroatoms. The minimum Gasteiger partial charge on any atom is -0.461 e. The van der Waals surface area contributed by atoms with Crippen LogP contribution in [0.5, 0.6) is 0 Å². The van der Waals surface area contributed by atoms with Gasteiger partial charge in [-0.2, -0.15) is 0 Å². The van der Waals surface area contributed by atoms with E-state index < -0.39 is 5.97 Å². The fourth-order valence-electron chi connectivity index (χ4n) is 2.02. The number of thiazole rings is 1. The van der Waals surface area contributed by atoms with Crippen molar-refractivity contribution in [2.45, 2.75) is 32.7 Å². The first-order chi connectivity index (χ1) is 10.1. The molecular formula is C14H20N2O4S. The number of Topliss-reactive ketones (excluding diaryl/α,β-unsaturated/α-hetero) is 1. The Labute approximate surface area is 128 Å². The maximum Gasteiger partial charge on any atom is 0.358 e. The van der Waals surface area contributed by atoms with Crippen molar-refractivity contribution in [3.05, 3.63) is 10.6 Å².